The van der Waals surface area contributed by atoms with Gasteiger partial charge in [0, 0.05) is 5.92 Å². The number of nitrogens with one attached hydrogen (secondary N) is 1. The lowest BCUT2D eigenvalue weighted by molar-refractivity contribution is 0.409. The molecule has 0 spiro atoms. The minimum atomic E-state index is 0.424. The van der Waals surface area contributed by atoms with Gasteiger partial charge in [-0.25, -0.2) is 0 Å². The number of methoxy groups -OCH3 is 1. The highest BCUT2D eigenvalue weighted by Crippen LogP contribution is 2.26. The Morgan fingerprint density at radius 1 is 0.828 bits per heavy atom. The van der Waals surface area contributed by atoms with Gasteiger partial charge in [-0.2, -0.15) is 0 Å². The third kappa shape index (κ3) is 7.72. The van der Waals surface area contributed by atoms with Gasteiger partial charge in [-0.3, -0.25) is 0 Å². The summed E-state index contributed by atoms with van der Waals surface area (Å²) in [5.41, 5.74) is 9.67. The van der Waals surface area contributed by atoms with Crippen molar-refractivity contribution in [3.63, 3.8) is 0 Å². The van der Waals surface area contributed by atoms with E-state index < -0.39 is 0 Å². The number of hydrogen-bond acceptors (Lipinski definition) is 3. The molecule has 154 valence electrons. The Morgan fingerprint density at radius 2 is 1.38 bits per heavy atom. The van der Waals surface area contributed by atoms with Gasteiger partial charge in [0.15, 0.2) is 0 Å². The molecule has 3 aromatic carbocycles. The highest BCUT2D eigenvalue weighted by molar-refractivity contribution is 5.33. The van der Waals surface area contributed by atoms with Gasteiger partial charge in [-0.05, 0) is 55.2 Å². The summed E-state index contributed by atoms with van der Waals surface area (Å²) in [5.74, 6) is 1.41. The molecule has 3 aromatic rings. The van der Waals surface area contributed by atoms with E-state index in [2.05, 4.69) is 66.8 Å². The van der Waals surface area contributed by atoms with Crippen molar-refractivity contribution in [3.05, 3.63) is 102 Å². The highest BCUT2D eigenvalue weighted by atomic mass is 16.5. The number of likely N-dealkylation sites (N-methyl/N-ethyl adjacent to an activating group) is 1. The average Bonchev–Trinajstić information content (AvgIpc) is 2.79. The summed E-state index contributed by atoms with van der Waals surface area (Å²) in [6, 6.07) is 29.3. The van der Waals surface area contributed by atoms with Crippen LogP contribution in [0.2, 0.25) is 0 Å². The van der Waals surface area contributed by atoms with Gasteiger partial charge < -0.3 is 15.8 Å². The minimum Gasteiger partial charge on any atom is -0.496 e. The van der Waals surface area contributed by atoms with Gasteiger partial charge in [0.25, 0.3) is 0 Å². The van der Waals surface area contributed by atoms with Crippen molar-refractivity contribution in [2.24, 2.45) is 5.73 Å². The standard InChI is InChI=1S/C15H17N.C11H17NO/c16-12-11-15(13-7-3-1-4-8-13)14-9-5-2-6-10-14;1-3-12-9-8-10-6-4-5-7-11(10)13-2/h1-10,15H,11-12,16H2;4-7,12H,3,8-9H2,1-2H3. The van der Waals surface area contributed by atoms with E-state index in [0.29, 0.717) is 12.5 Å². The first kappa shape index (κ1) is 22.7. The van der Waals surface area contributed by atoms with Crippen LogP contribution < -0.4 is 15.8 Å². The Balaban J connectivity index is 0.000000212. The third-order valence-electron chi connectivity index (χ3n) is 4.87. The number of benzene rings is 3. The van der Waals surface area contributed by atoms with Crippen molar-refractivity contribution in [1.82, 2.24) is 5.32 Å². The van der Waals surface area contributed by atoms with E-state index in [-0.39, 0.29) is 0 Å². The summed E-state index contributed by atoms with van der Waals surface area (Å²) in [6.07, 6.45) is 2.02. The van der Waals surface area contributed by atoms with Crippen molar-refractivity contribution in [2.75, 3.05) is 26.7 Å². The van der Waals surface area contributed by atoms with E-state index in [1.165, 1.54) is 16.7 Å². The molecule has 0 fully saturated rings. The number of rotatable bonds is 9. The monoisotopic (exact) mass is 390 g/mol. The van der Waals surface area contributed by atoms with Crippen LogP contribution in [0.15, 0.2) is 84.9 Å². The van der Waals surface area contributed by atoms with Crippen molar-refractivity contribution < 1.29 is 4.74 Å². The van der Waals surface area contributed by atoms with Crippen LogP contribution in [0.5, 0.6) is 5.75 Å². The molecular formula is C26H34N2O. The smallest absolute Gasteiger partial charge is 0.122 e. The zero-order valence-electron chi connectivity index (χ0n) is 17.7. The molecule has 0 amide bonds. The zero-order chi connectivity index (χ0) is 20.7. The van der Waals surface area contributed by atoms with Crippen molar-refractivity contribution in [1.29, 1.82) is 0 Å². The second-order valence-electron chi connectivity index (χ2n) is 6.87. The molecule has 0 aliphatic rings. The normalized spacial score (nSPS) is 10.3. The molecule has 0 saturated heterocycles. The second kappa shape index (κ2) is 13.5. The maximum atomic E-state index is 5.70. The van der Waals surface area contributed by atoms with Gasteiger partial charge in [0.05, 0.1) is 7.11 Å². The van der Waals surface area contributed by atoms with E-state index in [1.54, 1.807) is 7.11 Å². The van der Waals surface area contributed by atoms with E-state index in [9.17, 15) is 0 Å². The Bertz CT molecular complexity index is 751. The minimum absolute atomic E-state index is 0.424. The van der Waals surface area contributed by atoms with Crippen LogP contribution in [0, 0.1) is 0 Å². The van der Waals surface area contributed by atoms with Crippen LogP contribution in [0.25, 0.3) is 0 Å². The second-order valence-corrected chi connectivity index (χ2v) is 6.87. The predicted molar refractivity (Wildman–Crippen MR) is 124 cm³/mol. The van der Waals surface area contributed by atoms with Crippen LogP contribution in [0.3, 0.4) is 0 Å². The van der Waals surface area contributed by atoms with Gasteiger partial charge in [-0.1, -0.05) is 85.8 Å². The number of para-hydroxylation sites is 1. The largest absolute Gasteiger partial charge is 0.496 e. The maximum absolute atomic E-state index is 5.70. The molecule has 0 saturated carbocycles. The number of hydrogen-bond donors (Lipinski definition) is 2. The summed E-state index contributed by atoms with van der Waals surface area (Å²) in [5, 5.41) is 3.29. The number of ether oxygens (including phenoxy) is 1. The molecule has 3 N–H and O–H groups in total. The van der Waals surface area contributed by atoms with Gasteiger partial charge in [-0.15, -0.1) is 0 Å². The Hall–Kier alpha value is -2.62. The molecule has 0 aliphatic heterocycles. The molecule has 0 atom stereocenters. The first-order chi connectivity index (χ1) is 14.3. The lowest BCUT2D eigenvalue weighted by Gasteiger charge is -2.16. The first-order valence-corrected chi connectivity index (χ1v) is 10.4. The fourth-order valence-corrected chi connectivity index (χ4v) is 3.37. The zero-order valence-corrected chi connectivity index (χ0v) is 17.7. The quantitative estimate of drug-likeness (QED) is 0.505. The lowest BCUT2D eigenvalue weighted by atomic mass is 9.89. The van der Waals surface area contributed by atoms with Gasteiger partial charge >= 0.3 is 0 Å². The van der Waals surface area contributed by atoms with E-state index in [0.717, 1.165) is 31.7 Å². The molecule has 0 bridgehead atoms. The van der Waals surface area contributed by atoms with E-state index >= 15 is 0 Å². The van der Waals surface area contributed by atoms with Crippen molar-refractivity contribution >= 4 is 0 Å². The molecule has 0 aromatic heterocycles. The summed E-state index contributed by atoms with van der Waals surface area (Å²) < 4.78 is 5.25. The molecule has 0 radical (unpaired) electrons. The third-order valence-corrected chi connectivity index (χ3v) is 4.87. The predicted octanol–water partition coefficient (Wildman–Crippen LogP) is 5.01. The topological polar surface area (TPSA) is 47.3 Å². The van der Waals surface area contributed by atoms with Crippen LogP contribution >= 0.6 is 0 Å². The Morgan fingerprint density at radius 3 is 1.90 bits per heavy atom. The van der Waals surface area contributed by atoms with E-state index in [4.69, 9.17) is 10.5 Å². The van der Waals surface area contributed by atoms with Crippen LogP contribution in [-0.2, 0) is 6.42 Å². The highest BCUT2D eigenvalue weighted by Gasteiger charge is 2.12. The maximum Gasteiger partial charge on any atom is 0.122 e. The lowest BCUT2D eigenvalue weighted by Crippen LogP contribution is -2.16. The molecule has 0 heterocycles. The SMILES string of the molecule is CCNCCc1ccccc1OC.NCCC(c1ccccc1)c1ccccc1. The summed E-state index contributed by atoms with van der Waals surface area (Å²) in [6.45, 7) is 4.86. The summed E-state index contributed by atoms with van der Waals surface area (Å²) in [4.78, 5) is 0. The van der Waals surface area contributed by atoms with Gasteiger partial charge in [0.2, 0.25) is 0 Å². The first-order valence-electron chi connectivity index (χ1n) is 10.4. The molecule has 0 aliphatic carbocycles. The fourth-order valence-electron chi connectivity index (χ4n) is 3.37. The molecule has 0 unspecified atom stereocenters. The molecule has 3 nitrogen and oxygen atoms in total. The van der Waals surface area contributed by atoms with Crippen LogP contribution in [-0.4, -0.2) is 26.7 Å². The molecule has 29 heavy (non-hydrogen) atoms. The molecular weight excluding hydrogens is 356 g/mol. The van der Waals surface area contributed by atoms with Crippen molar-refractivity contribution in [3.8, 4) is 5.75 Å². The summed E-state index contributed by atoms with van der Waals surface area (Å²) >= 11 is 0. The van der Waals surface area contributed by atoms with Crippen LogP contribution in [0.1, 0.15) is 36.0 Å². The Kier molecular flexibility index (Phi) is 10.6. The Labute approximate surface area is 175 Å². The molecule has 3 heteroatoms. The summed E-state index contributed by atoms with van der Waals surface area (Å²) in [7, 11) is 1.71. The van der Waals surface area contributed by atoms with Crippen LogP contribution in [0.4, 0.5) is 0 Å². The van der Waals surface area contributed by atoms with Gasteiger partial charge in [0.1, 0.15) is 5.75 Å². The van der Waals surface area contributed by atoms with E-state index in [1.807, 2.05) is 30.3 Å². The fraction of sp³-hybridized carbons (Fsp3) is 0.308. The average molecular weight is 391 g/mol. The molecule has 3 rings (SSSR count). The van der Waals surface area contributed by atoms with Crippen molar-refractivity contribution in [2.45, 2.75) is 25.7 Å². The number of nitrogens with two attached hydrogens (primary N) is 1.